The molecule has 3 N–H and O–H groups in total. The fraction of sp³-hybridized carbons (Fsp3) is 0.611. The van der Waals surface area contributed by atoms with Crippen LogP contribution in [0.25, 0.3) is 0 Å². The molecule has 134 valence electrons. The molecule has 24 heavy (non-hydrogen) atoms. The van der Waals surface area contributed by atoms with Gasteiger partial charge >= 0.3 is 0 Å². The topological polar surface area (TPSA) is 79.0 Å². The normalized spacial score (nSPS) is 18.5. The lowest BCUT2D eigenvalue weighted by molar-refractivity contribution is -0.135. The van der Waals surface area contributed by atoms with Crippen molar-refractivity contribution in [3.05, 3.63) is 30.3 Å². The summed E-state index contributed by atoms with van der Waals surface area (Å²) in [4.78, 5) is 16.2. The van der Waals surface area contributed by atoms with Crippen LogP contribution in [0.5, 0.6) is 5.75 Å². The molecule has 0 spiro atoms. The van der Waals surface area contributed by atoms with Gasteiger partial charge in [-0.05, 0) is 18.1 Å². The van der Waals surface area contributed by atoms with Gasteiger partial charge in [0.15, 0.2) is 0 Å². The van der Waals surface area contributed by atoms with Gasteiger partial charge in [-0.3, -0.25) is 9.69 Å². The number of carbonyl (C=O) groups excluding carboxylic acids is 1. The fourth-order valence-corrected chi connectivity index (χ4v) is 2.71. The summed E-state index contributed by atoms with van der Waals surface area (Å²) in [6, 6.07) is 9.04. The molecule has 6 heteroatoms. The lowest BCUT2D eigenvalue weighted by Crippen LogP contribution is -2.55. The molecule has 2 atom stereocenters. The van der Waals surface area contributed by atoms with Crippen molar-refractivity contribution in [2.75, 3.05) is 39.3 Å². The lowest BCUT2D eigenvalue weighted by atomic mass is 10.0. The number of aliphatic hydroxyl groups is 1. The minimum absolute atomic E-state index is 0.0256. The molecular formula is C18H29N3O3. The minimum Gasteiger partial charge on any atom is -0.491 e. The number of β-amino-alcohol motifs (C(OH)–C–C–N with tert-alkyl or cyclic N) is 1. The molecule has 0 saturated carbocycles. The molecule has 0 radical (unpaired) electrons. The van der Waals surface area contributed by atoms with E-state index in [0.717, 1.165) is 18.8 Å². The van der Waals surface area contributed by atoms with Gasteiger partial charge in [-0.15, -0.1) is 0 Å². The summed E-state index contributed by atoms with van der Waals surface area (Å²) in [6.07, 6.45) is -0.551. The molecule has 1 fully saturated rings. The van der Waals surface area contributed by atoms with E-state index in [2.05, 4.69) is 4.90 Å². The van der Waals surface area contributed by atoms with Gasteiger partial charge in [0.25, 0.3) is 0 Å². The van der Waals surface area contributed by atoms with E-state index in [1.807, 2.05) is 49.1 Å². The number of nitrogens with zero attached hydrogens (tertiary/aromatic N) is 2. The molecule has 1 aromatic rings. The maximum absolute atomic E-state index is 12.2. The largest absolute Gasteiger partial charge is 0.491 e. The Kier molecular flexibility index (Phi) is 7.02. The standard InChI is InChI=1S/C18H29N3O3/c1-14(2)17(19)18(23)21-10-8-20(9-11-21)12-15(22)13-24-16-6-4-3-5-7-16/h3-7,14-15,17,22H,8-13,19H2,1-2H3/t15?,17-/m0/s1. The van der Waals surface area contributed by atoms with Gasteiger partial charge < -0.3 is 20.5 Å². The molecule has 0 bridgehead atoms. The average molecular weight is 335 g/mol. The summed E-state index contributed by atoms with van der Waals surface area (Å²) in [5.74, 6) is 0.930. The van der Waals surface area contributed by atoms with Gasteiger partial charge in [-0.25, -0.2) is 0 Å². The summed E-state index contributed by atoms with van der Waals surface area (Å²) < 4.78 is 5.57. The number of carbonyl (C=O) groups is 1. The van der Waals surface area contributed by atoms with Crippen molar-refractivity contribution < 1.29 is 14.6 Å². The van der Waals surface area contributed by atoms with E-state index in [0.29, 0.717) is 19.6 Å². The Balaban J connectivity index is 1.69. The minimum atomic E-state index is -0.551. The van der Waals surface area contributed by atoms with Crippen molar-refractivity contribution in [3.63, 3.8) is 0 Å². The Morgan fingerprint density at radius 2 is 1.83 bits per heavy atom. The molecule has 1 saturated heterocycles. The van der Waals surface area contributed by atoms with Crippen LogP contribution in [0.4, 0.5) is 0 Å². The van der Waals surface area contributed by atoms with Crippen molar-refractivity contribution in [2.24, 2.45) is 11.7 Å². The molecule has 6 nitrogen and oxygen atoms in total. The molecule has 1 aliphatic heterocycles. The molecule has 2 rings (SSSR count). The number of hydrogen-bond acceptors (Lipinski definition) is 5. The molecular weight excluding hydrogens is 306 g/mol. The number of rotatable bonds is 7. The Bertz CT molecular complexity index is 501. The van der Waals surface area contributed by atoms with Gasteiger partial charge in [0, 0.05) is 32.7 Å². The van der Waals surface area contributed by atoms with Crippen LogP contribution in [0, 0.1) is 5.92 Å². The molecule has 1 aromatic carbocycles. The van der Waals surface area contributed by atoms with Gasteiger partial charge in [-0.2, -0.15) is 0 Å². The highest BCUT2D eigenvalue weighted by atomic mass is 16.5. The second kappa shape index (κ2) is 9.01. The smallest absolute Gasteiger partial charge is 0.239 e. The van der Waals surface area contributed by atoms with Crippen LogP contribution in [0.1, 0.15) is 13.8 Å². The highest BCUT2D eigenvalue weighted by Gasteiger charge is 2.27. The van der Waals surface area contributed by atoms with E-state index in [1.165, 1.54) is 0 Å². The van der Waals surface area contributed by atoms with Crippen molar-refractivity contribution >= 4 is 5.91 Å². The number of hydrogen-bond donors (Lipinski definition) is 2. The van der Waals surface area contributed by atoms with Crippen LogP contribution in [0.3, 0.4) is 0 Å². The third-order valence-electron chi connectivity index (χ3n) is 4.34. The van der Waals surface area contributed by atoms with Crippen LogP contribution in [0.2, 0.25) is 0 Å². The first-order valence-corrected chi connectivity index (χ1v) is 8.60. The van der Waals surface area contributed by atoms with Crippen molar-refractivity contribution in [1.29, 1.82) is 0 Å². The fourth-order valence-electron chi connectivity index (χ4n) is 2.71. The Hall–Kier alpha value is -1.63. The number of piperazine rings is 1. The number of amides is 1. The summed E-state index contributed by atoms with van der Waals surface area (Å²) >= 11 is 0. The SMILES string of the molecule is CC(C)[C@H](N)C(=O)N1CCN(CC(O)COc2ccccc2)CC1. The summed E-state index contributed by atoms with van der Waals surface area (Å²) in [6.45, 7) is 7.55. The van der Waals surface area contributed by atoms with Gasteiger partial charge in [0.1, 0.15) is 18.5 Å². The first-order valence-electron chi connectivity index (χ1n) is 8.60. The van der Waals surface area contributed by atoms with Crippen molar-refractivity contribution in [1.82, 2.24) is 9.80 Å². The van der Waals surface area contributed by atoms with E-state index in [9.17, 15) is 9.90 Å². The molecule has 0 aromatic heterocycles. The van der Waals surface area contributed by atoms with Crippen LogP contribution in [0.15, 0.2) is 30.3 Å². The van der Waals surface area contributed by atoms with Crippen LogP contribution in [-0.4, -0.2) is 72.3 Å². The zero-order valence-corrected chi connectivity index (χ0v) is 14.6. The number of para-hydroxylation sites is 1. The summed E-state index contributed by atoms with van der Waals surface area (Å²) in [7, 11) is 0. The first-order chi connectivity index (χ1) is 11.5. The molecule has 1 aliphatic rings. The highest BCUT2D eigenvalue weighted by molar-refractivity contribution is 5.82. The quantitative estimate of drug-likeness (QED) is 0.761. The van der Waals surface area contributed by atoms with E-state index < -0.39 is 12.1 Å². The van der Waals surface area contributed by atoms with Crippen LogP contribution < -0.4 is 10.5 Å². The maximum atomic E-state index is 12.2. The average Bonchev–Trinajstić information content (AvgIpc) is 2.60. The number of nitrogens with two attached hydrogens (primary N) is 1. The Morgan fingerprint density at radius 3 is 2.42 bits per heavy atom. The molecule has 1 amide bonds. The second-order valence-corrected chi connectivity index (χ2v) is 6.67. The van der Waals surface area contributed by atoms with E-state index in [1.54, 1.807) is 0 Å². The third-order valence-corrected chi connectivity index (χ3v) is 4.34. The zero-order valence-electron chi connectivity index (χ0n) is 14.6. The number of benzene rings is 1. The predicted octanol–water partition coefficient (Wildman–Crippen LogP) is 0.554. The third kappa shape index (κ3) is 5.47. The summed E-state index contributed by atoms with van der Waals surface area (Å²) in [5.41, 5.74) is 5.94. The molecule has 1 heterocycles. The Morgan fingerprint density at radius 1 is 1.21 bits per heavy atom. The second-order valence-electron chi connectivity index (χ2n) is 6.67. The highest BCUT2D eigenvalue weighted by Crippen LogP contribution is 2.10. The number of ether oxygens (including phenoxy) is 1. The summed E-state index contributed by atoms with van der Waals surface area (Å²) in [5, 5.41) is 10.1. The predicted molar refractivity (Wildman–Crippen MR) is 93.8 cm³/mol. The van der Waals surface area contributed by atoms with E-state index in [-0.39, 0.29) is 18.4 Å². The van der Waals surface area contributed by atoms with Crippen LogP contribution in [-0.2, 0) is 4.79 Å². The monoisotopic (exact) mass is 335 g/mol. The Labute approximate surface area is 144 Å². The van der Waals surface area contributed by atoms with Gasteiger partial charge in [0.05, 0.1) is 6.04 Å². The van der Waals surface area contributed by atoms with Crippen LogP contribution >= 0.6 is 0 Å². The van der Waals surface area contributed by atoms with Crippen molar-refractivity contribution in [3.8, 4) is 5.75 Å². The first kappa shape index (κ1) is 18.7. The van der Waals surface area contributed by atoms with Crippen molar-refractivity contribution in [2.45, 2.75) is 26.0 Å². The number of aliphatic hydroxyl groups excluding tert-OH is 1. The van der Waals surface area contributed by atoms with Gasteiger partial charge in [0.2, 0.25) is 5.91 Å². The maximum Gasteiger partial charge on any atom is 0.239 e. The van der Waals surface area contributed by atoms with E-state index in [4.69, 9.17) is 10.5 Å². The lowest BCUT2D eigenvalue weighted by Gasteiger charge is -2.37. The molecule has 0 aliphatic carbocycles. The van der Waals surface area contributed by atoms with E-state index >= 15 is 0 Å². The van der Waals surface area contributed by atoms with Gasteiger partial charge in [-0.1, -0.05) is 32.0 Å². The molecule has 1 unspecified atom stereocenters. The zero-order chi connectivity index (χ0) is 17.5.